The van der Waals surface area contributed by atoms with E-state index >= 15 is 0 Å². The number of carbonyl (C=O) groups excluding carboxylic acids is 2. The Morgan fingerprint density at radius 2 is 0.650 bits per heavy atom. The van der Waals surface area contributed by atoms with Gasteiger partial charge in [0.2, 0.25) is 11.8 Å². The van der Waals surface area contributed by atoms with Crippen molar-refractivity contribution in [3.63, 3.8) is 0 Å². The van der Waals surface area contributed by atoms with E-state index in [4.69, 9.17) is 18.9 Å². The van der Waals surface area contributed by atoms with Crippen LogP contribution in [0.2, 0.25) is 0 Å². The first-order chi connectivity index (χ1) is 18.8. The summed E-state index contributed by atoms with van der Waals surface area (Å²) in [5.41, 5.74) is 0. The Morgan fingerprint density at radius 1 is 0.400 bits per heavy atom. The van der Waals surface area contributed by atoms with E-state index in [0.29, 0.717) is 79.0 Å². The SMILES string of the molecule is C.C.O=C(C1CCCCCCC1)N1CCOCCOCCN(C(=O)C2CCCCCCC2)CCOCCOCC1. The van der Waals surface area contributed by atoms with E-state index in [0.717, 1.165) is 51.4 Å². The van der Waals surface area contributed by atoms with Crippen molar-refractivity contribution in [1.82, 2.24) is 9.80 Å². The minimum Gasteiger partial charge on any atom is -0.377 e. The maximum absolute atomic E-state index is 13.3. The van der Waals surface area contributed by atoms with Crippen molar-refractivity contribution in [1.29, 1.82) is 0 Å². The fraction of sp³-hybridized carbons (Fsp3) is 0.938. The Labute approximate surface area is 245 Å². The molecule has 0 radical (unpaired) electrons. The first kappa shape index (κ1) is 36.8. The van der Waals surface area contributed by atoms with Gasteiger partial charge in [0.05, 0.1) is 52.9 Å². The fourth-order valence-corrected chi connectivity index (χ4v) is 5.93. The van der Waals surface area contributed by atoms with Crippen molar-refractivity contribution in [2.75, 3.05) is 79.0 Å². The van der Waals surface area contributed by atoms with E-state index in [1.54, 1.807) is 0 Å². The molecule has 1 aliphatic heterocycles. The van der Waals surface area contributed by atoms with Crippen molar-refractivity contribution < 1.29 is 28.5 Å². The van der Waals surface area contributed by atoms with Crippen molar-refractivity contribution >= 4 is 11.8 Å². The zero-order chi connectivity index (χ0) is 26.7. The zero-order valence-electron chi connectivity index (χ0n) is 23.9. The molecule has 3 rings (SSSR count). The lowest BCUT2D eigenvalue weighted by Gasteiger charge is -2.29. The van der Waals surface area contributed by atoms with Gasteiger partial charge in [-0.2, -0.15) is 0 Å². The molecule has 236 valence electrons. The summed E-state index contributed by atoms with van der Waals surface area (Å²) in [4.78, 5) is 30.5. The quantitative estimate of drug-likeness (QED) is 0.423. The van der Waals surface area contributed by atoms with Crippen LogP contribution in [0.5, 0.6) is 0 Å². The summed E-state index contributed by atoms with van der Waals surface area (Å²) in [5, 5.41) is 0. The Morgan fingerprint density at radius 3 is 0.925 bits per heavy atom. The molecule has 40 heavy (non-hydrogen) atoms. The van der Waals surface area contributed by atoms with E-state index in [2.05, 4.69) is 0 Å². The van der Waals surface area contributed by atoms with Gasteiger partial charge in [-0.25, -0.2) is 0 Å². The van der Waals surface area contributed by atoms with Crippen LogP contribution in [0, 0.1) is 11.8 Å². The predicted octanol–water partition coefficient (Wildman–Crippen LogP) is 5.72. The fourth-order valence-electron chi connectivity index (χ4n) is 5.93. The van der Waals surface area contributed by atoms with Crippen LogP contribution < -0.4 is 0 Å². The van der Waals surface area contributed by atoms with Crippen LogP contribution in [0.1, 0.15) is 105 Å². The maximum Gasteiger partial charge on any atom is 0.225 e. The van der Waals surface area contributed by atoms with Crippen molar-refractivity contribution in [3.8, 4) is 0 Å². The summed E-state index contributed by atoms with van der Waals surface area (Å²) in [6.45, 7) is 6.27. The standard InChI is InChI=1S/C30H54N2O6.2CH4/c33-29(27-11-7-3-1-4-8-12-27)31-15-19-35-23-25-37-21-17-32(18-22-38-26-24-36-20-16-31)30(34)28-13-9-5-2-6-10-14-28;;/h27-28H,1-26H2;2*1H4. The molecule has 8 heteroatoms. The number of amides is 2. The first-order valence-corrected chi connectivity index (χ1v) is 15.6. The summed E-state index contributed by atoms with van der Waals surface area (Å²) in [7, 11) is 0. The van der Waals surface area contributed by atoms with Gasteiger partial charge in [-0.1, -0.05) is 79.1 Å². The normalized spacial score (nSPS) is 23.5. The van der Waals surface area contributed by atoms with Gasteiger partial charge in [0.25, 0.3) is 0 Å². The molecule has 2 amide bonds. The van der Waals surface area contributed by atoms with Crippen LogP contribution in [0.15, 0.2) is 0 Å². The van der Waals surface area contributed by atoms with Gasteiger partial charge < -0.3 is 28.7 Å². The highest BCUT2D eigenvalue weighted by Gasteiger charge is 2.26. The zero-order valence-corrected chi connectivity index (χ0v) is 23.9. The summed E-state index contributed by atoms with van der Waals surface area (Å²) >= 11 is 0. The molecule has 3 aliphatic rings. The van der Waals surface area contributed by atoms with Crippen molar-refractivity contribution in [2.45, 2.75) is 105 Å². The van der Waals surface area contributed by atoms with Gasteiger partial charge in [0.15, 0.2) is 0 Å². The van der Waals surface area contributed by atoms with Gasteiger partial charge in [0.1, 0.15) is 0 Å². The van der Waals surface area contributed by atoms with E-state index in [-0.39, 0.29) is 38.5 Å². The Balaban J connectivity index is 0.00000400. The number of carbonyl (C=O) groups is 2. The number of hydrogen-bond acceptors (Lipinski definition) is 6. The number of ether oxygens (including phenoxy) is 4. The largest absolute Gasteiger partial charge is 0.377 e. The van der Waals surface area contributed by atoms with Crippen LogP contribution in [0.3, 0.4) is 0 Å². The molecule has 2 saturated carbocycles. The Hall–Kier alpha value is -1.22. The molecule has 2 aliphatic carbocycles. The van der Waals surface area contributed by atoms with Gasteiger partial charge in [-0.05, 0) is 25.7 Å². The van der Waals surface area contributed by atoms with E-state index in [1.807, 2.05) is 9.80 Å². The van der Waals surface area contributed by atoms with Gasteiger partial charge in [-0.3, -0.25) is 9.59 Å². The number of rotatable bonds is 2. The third kappa shape index (κ3) is 14.6. The lowest BCUT2D eigenvalue weighted by atomic mass is 9.90. The van der Waals surface area contributed by atoms with Crippen LogP contribution in [-0.2, 0) is 28.5 Å². The molecule has 0 aromatic heterocycles. The minimum absolute atomic E-state index is 0. The molecule has 0 atom stereocenters. The lowest BCUT2D eigenvalue weighted by Crippen LogP contribution is -2.41. The van der Waals surface area contributed by atoms with Crippen LogP contribution >= 0.6 is 0 Å². The van der Waals surface area contributed by atoms with E-state index in [9.17, 15) is 9.59 Å². The third-order valence-electron chi connectivity index (χ3n) is 8.30. The van der Waals surface area contributed by atoms with Crippen molar-refractivity contribution in [3.05, 3.63) is 0 Å². The second-order valence-electron chi connectivity index (χ2n) is 11.2. The summed E-state index contributed by atoms with van der Waals surface area (Å²) in [5.74, 6) is 0.783. The summed E-state index contributed by atoms with van der Waals surface area (Å²) in [6.07, 6.45) is 16.1. The highest BCUT2D eigenvalue weighted by Crippen LogP contribution is 2.25. The van der Waals surface area contributed by atoms with Gasteiger partial charge in [-0.15, -0.1) is 0 Å². The summed E-state index contributed by atoms with van der Waals surface area (Å²) in [6, 6.07) is 0. The molecule has 0 aromatic carbocycles. The number of nitrogens with zero attached hydrogens (tertiary/aromatic N) is 2. The molecule has 0 spiro atoms. The molecule has 0 bridgehead atoms. The molecule has 3 fully saturated rings. The third-order valence-corrected chi connectivity index (χ3v) is 8.30. The lowest BCUT2D eigenvalue weighted by molar-refractivity contribution is -0.139. The average molecular weight is 571 g/mol. The van der Waals surface area contributed by atoms with Gasteiger partial charge >= 0.3 is 0 Å². The predicted molar refractivity (Wildman–Crippen MR) is 162 cm³/mol. The molecular formula is C32H62N2O6. The highest BCUT2D eigenvalue weighted by molar-refractivity contribution is 5.79. The van der Waals surface area contributed by atoms with Crippen molar-refractivity contribution in [2.24, 2.45) is 11.8 Å². The van der Waals surface area contributed by atoms with E-state index in [1.165, 1.54) is 38.5 Å². The van der Waals surface area contributed by atoms with Crippen LogP contribution in [-0.4, -0.2) is 101 Å². The second kappa shape index (κ2) is 23.4. The molecule has 0 aromatic rings. The van der Waals surface area contributed by atoms with Gasteiger partial charge in [0, 0.05) is 38.0 Å². The molecule has 8 nitrogen and oxygen atoms in total. The second-order valence-corrected chi connectivity index (χ2v) is 11.2. The Kier molecular flexibility index (Phi) is 21.5. The smallest absolute Gasteiger partial charge is 0.225 e. The number of hydrogen-bond donors (Lipinski definition) is 0. The summed E-state index contributed by atoms with van der Waals surface area (Å²) < 4.78 is 23.3. The topological polar surface area (TPSA) is 77.5 Å². The Bertz CT molecular complexity index is 559. The maximum atomic E-state index is 13.3. The van der Waals surface area contributed by atoms with E-state index < -0.39 is 0 Å². The minimum atomic E-state index is 0. The molecular weight excluding hydrogens is 508 g/mol. The molecule has 0 N–H and O–H groups in total. The first-order valence-electron chi connectivity index (χ1n) is 15.6. The highest BCUT2D eigenvalue weighted by atomic mass is 16.5. The van der Waals surface area contributed by atoms with Crippen LogP contribution in [0.4, 0.5) is 0 Å². The average Bonchev–Trinajstić information content (AvgIpc) is 2.87. The van der Waals surface area contributed by atoms with Crippen LogP contribution in [0.25, 0.3) is 0 Å². The monoisotopic (exact) mass is 570 g/mol. The molecule has 0 unspecified atom stereocenters. The molecule has 1 heterocycles. The molecule has 1 saturated heterocycles.